The number of hydrogen-bond donors (Lipinski definition) is 2. The second-order valence-corrected chi connectivity index (χ2v) is 2.75. The van der Waals surface area contributed by atoms with E-state index in [0.29, 0.717) is 6.42 Å². The van der Waals surface area contributed by atoms with Crippen molar-refractivity contribution in [2.45, 2.75) is 12.5 Å². The fourth-order valence-corrected chi connectivity index (χ4v) is 1.31. The van der Waals surface area contributed by atoms with Crippen LogP contribution in [0.5, 0.6) is 0 Å². The summed E-state index contributed by atoms with van der Waals surface area (Å²) in [6, 6.07) is -0.101. The number of aliphatic hydroxyl groups excluding tert-OH is 1. The van der Waals surface area contributed by atoms with Crippen molar-refractivity contribution in [1.29, 1.82) is 0 Å². The van der Waals surface area contributed by atoms with Gasteiger partial charge in [-0.05, 0) is 6.42 Å². The molecule has 0 aliphatic carbocycles. The van der Waals surface area contributed by atoms with E-state index in [4.69, 9.17) is 10.8 Å². The van der Waals surface area contributed by atoms with Crippen molar-refractivity contribution in [2.75, 3.05) is 6.61 Å². The average molecular weight is 158 g/mol. The van der Waals surface area contributed by atoms with Gasteiger partial charge in [0.15, 0.2) is 0 Å². The third kappa shape index (κ3) is 1.76. The van der Waals surface area contributed by atoms with Gasteiger partial charge in [-0.2, -0.15) is 0 Å². The summed E-state index contributed by atoms with van der Waals surface area (Å²) in [7, 11) is 0. The predicted molar refractivity (Wildman–Crippen MR) is 40.7 cm³/mol. The van der Waals surface area contributed by atoms with Crippen molar-refractivity contribution >= 4 is 11.3 Å². The molecule has 3 N–H and O–H groups in total. The molecular weight excluding hydrogens is 148 g/mol. The molecule has 1 unspecified atom stereocenters. The summed E-state index contributed by atoms with van der Waals surface area (Å²) in [4.78, 5) is 4.02. The Morgan fingerprint density at radius 1 is 1.80 bits per heavy atom. The maximum Gasteiger partial charge on any atom is 0.0795 e. The first-order valence-corrected chi connectivity index (χ1v) is 4.03. The zero-order valence-corrected chi connectivity index (χ0v) is 6.34. The predicted octanol–water partition coefficient (Wildman–Crippen LogP) is 0.525. The van der Waals surface area contributed by atoms with Crippen LogP contribution < -0.4 is 5.73 Å². The number of aromatic nitrogens is 1. The van der Waals surface area contributed by atoms with Crippen molar-refractivity contribution in [3.63, 3.8) is 0 Å². The van der Waals surface area contributed by atoms with Gasteiger partial charge in [-0.1, -0.05) is 0 Å². The third-order valence-electron chi connectivity index (χ3n) is 1.27. The average Bonchev–Trinajstić information content (AvgIpc) is 2.38. The van der Waals surface area contributed by atoms with Crippen molar-refractivity contribution < 1.29 is 5.11 Å². The molecule has 1 aromatic heterocycles. The topological polar surface area (TPSA) is 59.1 Å². The van der Waals surface area contributed by atoms with E-state index in [1.54, 1.807) is 5.51 Å². The minimum absolute atomic E-state index is 0.101. The van der Waals surface area contributed by atoms with Crippen LogP contribution in [0.4, 0.5) is 0 Å². The Bertz CT molecular complexity index is 176. The summed E-state index contributed by atoms with van der Waals surface area (Å²) >= 11 is 1.52. The van der Waals surface area contributed by atoms with Crippen LogP contribution in [0.2, 0.25) is 0 Å². The van der Waals surface area contributed by atoms with Gasteiger partial charge in [0, 0.05) is 12.0 Å². The molecule has 0 aliphatic rings. The maximum atomic E-state index is 8.53. The molecule has 0 fully saturated rings. The van der Waals surface area contributed by atoms with E-state index < -0.39 is 0 Å². The number of thiazole rings is 1. The highest BCUT2D eigenvalue weighted by atomic mass is 32.1. The molecule has 0 saturated heterocycles. The molecule has 0 amide bonds. The van der Waals surface area contributed by atoms with Crippen LogP contribution in [-0.2, 0) is 0 Å². The van der Waals surface area contributed by atoms with Gasteiger partial charge < -0.3 is 10.8 Å². The van der Waals surface area contributed by atoms with Crippen LogP contribution in [0.3, 0.4) is 0 Å². The summed E-state index contributed by atoms with van der Waals surface area (Å²) in [5.74, 6) is 0. The van der Waals surface area contributed by atoms with Crippen molar-refractivity contribution in [3.05, 3.63) is 16.6 Å². The Kier molecular flexibility index (Phi) is 2.80. The maximum absolute atomic E-state index is 8.53. The molecular formula is C6H10N2OS. The van der Waals surface area contributed by atoms with Gasteiger partial charge in [0.25, 0.3) is 0 Å². The Morgan fingerprint density at radius 3 is 3.10 bits per heavy atom. The highest BCUT2D eigenvalue weighted by Crippen LogP contribution is 2.12. The standard InChI is InChI=1S/C6H10N2OS/c7-5(1-2-9)6-3-10-4-8-6/h3-5,9H,1-2,7H2. The van der Waals surface area contributed by atoms with E-state index in [0.717, 1.165) is 5.69 Å². The van der Waals surface area contributed by atoms with Gasteiger partial charge in [-0.15, -0.1) is 11.3 Å². The van der Waals surface area contributed by atoms with E-state index in [1.165, 1.54) is 11.3 Å². The summed E-state index contributed by atoms with van der Waals surface area (Å²) in [6.45, 7) is 0.124. The largest absolute Gasteiger partial charge is 0.396 e. The monoisotopic (exact) mass is 158 g/mol. The minimum atomic E-state index is -0.101. The first-order chi connectivity index (χ1) is 4.84. The molecule has 3 nitrogen and oxygen atoms in total. The van der Waals surface area contributed by atoms with E-state index >= 15 is 0 Å². The summed E-state index contributed by atoms with van der Waals surface area (Å²) < 4.78 is 0. The molecule has 1 aromatic rings. The molecule has 4 heteroatoms. The first-order valence-electron chi connectivity index (χ1n) is 3.09. The summed E-state index contributed by atoms with van der Waals surface area (Å²) in [5.41, 5.74) is 8.25. The van der Waals surface area contributed by atoms with Gasteiger partial charge >= 0.3 is 0 Å². The Balaban J connectivity index is 2.50. The van der Waals surface area contributed by atoms with Gasteiger partial charge in [0.05, 0.1) is 17.2 Å². The Hall–Kier alpha value is -0.450. The smallest absolute Gasteiger partial charge is 0.0795 e. The SMILES string of the molecule is NC(CCO)c1cscn1. The lowest BCUT2D eigenvalue weighted by Gasteiger charge is -2.04. The highest BCUT2D eigenvalue weighted by Gasteiger charge is 2.05. The highest BCUT2D eigenvalue weighted by molar-refractivity contribution is 7.07. The van der Waals surface area contributed by atoms with Crippen molar-refractivity contribution in [3.8, 4) is 0 Å². The molecule has 10 heavy (non-hydrogen) atoms. The van der Waals surface area contributed by atoms with Crippen LogP contribution in [0, 0.1) is 0 Å². The zero-order valence-electron chi connectivity index (χ0n) is 5.53. The molecule has 0 aliphatic heterocycles. The van der Waals surface area contributed by atoms with Gasteiger partial charge in [-0.3, -0.25) is 0 Å². The molecule has 0 aromatic carbocycles. The van der Waals surface area contributed by atoms with E-state index in [1.807, 2.05) is 5.38 Å². The lowest BCUT2D eigenvalue weighted by atomic mass is 10.2. The number of rotatable bonds is 3. The van der Waals surface area contributed by atoms with Crippen LogP contribution in [-0.4, -0.2) is 16.7 Å². The van der Waals surface area contributed by atoms with E-state index in [9.17, 15) is 0 Å². The Labute approximate surface area is 63.5 Å². The quantitative estimate of drug-likeness (QED) is 0.674. The van der Waals surface area contributed by atoms with Crippen LogP contribution in [0.1, 0.15) is 18.2 Å². The molecule has 1 atom stereocenters. The Morgan fingerprint density at radius 2 is 2.60 bits per heavy atom. The van der Waals surface area contributed by atoms with E-state index in [2.05, 4.69) is 4.98 Å². The van der Waals surface area contributed by atoms with Gasteiger partial charge in [0.1, 0.15) is 0 Å². The fourth-order valence-electron chi connectivity index (χ4n) is 0.692. The zero-order chi connectivity index (χ0) is 7.40. The second kappa shape index (κ2) is 3.65. The lowest BCUT2D eigenvalue weighted by molar-refractivity contribution is 0.276. The summed E-state index contributed by atoms with van der Waals surface area (Å²) in [6.07, 6.45) is 0.587. The molecule has 1 rings (SSSR count). The molecule has 1 heterocycles. The molecule has 0 saturated carbocycles. The summed E-state index contributed by atoms with van der Waals surface area (Å²) in [5, 5.41) is 10.4. The van der Waals surface area contributed by atoms with Gasteiger partial charge in [-0.25, -0.2) is 4.98 Å². The fraction of sp³-hybridized carbons (Fsp3) is 0.500. The number of hydrogen-bond acceptors (Lipinski definition) is 4. The van der Waals surface area contributed by atoms with Crippen LogP contribution in [0.15, 0.2) is 10.9 Å². The molecule has 56 valence electrons. The molecule has 0 spiro atoms. The number of nitrogens with two attached hydrogens (primary N) is 1. The van der Waals surface area contributed by atoms with Crippen LogP contribution in [0.25, 0.3) is 0 Å². The number of nitrogens with zero attached hydrogens (tertiary/aromatic N) is 1. The van der Waals surface area contributed by atoms with E-state index in [-0.39, 0.29) is 12.6 Å². The number of aliphatic hydroxyl groups is 1. The normalized spacial score (nSPS) is 13.4. The second-order valence-electron chi connectivity index (χ2n) is 2.03. The first kappa shape index (κ1) is 7.65. The van der Waals surface area contributed by atoms with Crippen molar-refractivity contribution in [1.82, 2.24) is 4.98 Å². The van der Waals surface area contributed by atoms with Gasteiger partial charge in [0.2, 0.25) is 0 Å². The minimum Gasteiger partial charge on any atom is -0.396 e. The van der Waals surface area contributed by atoms with Crippen molar-refractivity contribution in [2.24, 2.45) is 5.73 Å². The third-order valence-corrected chi connectivity index (χ3v) is 1.88. The van der Waals surface area contributed by atoms with Crippen LogP contribution >= 0.6 is 11.3 Å². The lowest BCUT2D eigenvalue weighted by Crippen LogP contribution is -2.11. The molecule has 0 radical (unpaired) electrons. The molecule has 0 bridgehead atoms.